The second kappa shape index (κ2) is 9.70. The molecule has 9 heteroatoms. The Hall–Kier alpha value is -2.13. The zero-order valence-corrected chi connectivity index (χ0v) is 16.5. The largest absolute Gasteiger partial charge is 0.497 e. The quantitative estimate of drug-likeness (QED) is 0.501. The van der Waals surface area contributed by atoms with Crippen LogP contribution in [0.3, 0.4) is 0 Å². The number of rotatable bonds is 8. The number of nitrogens with zero attached hydrogens (tertiary/aromatic N) is 1. The van der Waals surface area contributed by atoms with Gasteiger partial charge in [0.25, 0.3) is 0 Å². The molecule has 0 bridgehead atoms. The first kappa shape index (κ1) is 21.2. The predicted octanol–water partition coefficient (Wildman–Crippen LogP) is 0.881. The van der Waals surface area contributed by atoms with Gasteiger partial charge in [0.15, 0.2) is 0 Å². The van der Waals surface area contributed by atoms with Gasteiger partial charge in [0.05, 0.1) is 12.0 Å². The van der Waals surface area contributed by atoms with Crippen LogP contribution in [0.25, 0.3) is 0 Å². The molecule has 1 aliphatic rings. The van der Waals surface area contributed by atoms with E-state index in [1.807, 2.05) is 6.92 Å². The van der Waals surface area contributed by atoms with Gasteiger partial charge in [0.2, 0.25) is 10.0 Å². The maximum atomic E-state index is 12.9. The van der Waals surface area contributed by atoms with Crippen molar-refractivity contribution in [2.45, 2.75) is 43.5 Å². The molecule has 1 aromatic carbocycles. The van der Waals surface area contributed by atoms with Gasteiger partial charge >= 0.3 is 11.8 Å². The van der Waals surface area contributed by atoms with Crippen molar-refractivity contribution in [2.24, 2.45) is 0 Å². The van der Waals surface area contributed by atoms with Crippen LogP contribution in [0.1, 0.15) is 32.6 Å². The average molecular weight is 397 g/mol. The highest BCUT2D eigenvalue weighted by Crippen LogP contribution is 2.26. The lowest BCUT2D eigenvalue weighted by molar-refractivity contribution is -0.139. The summed E-state index contributed by atoms with van der Waals surface area (Å²) in [5.74, 6) is -0.848. The molecule has 1 atom stereocenters. The van der Waals surface area contributed by atoms with Crippen LogP contribution >= 0.6 is 0 Å². The molecule has 1 fully saturated rings. The Morgan fingerprint density at radius 3 is 2.48 bits per heavy atom. The highest BCUT2D eigenvalue weighted by molar-refractivity contribution is 7.89. The number of unbranched alkanes of at least 4 members (excludes halogenated alkanes) is 1. The van der Waals surface area contributed by atoms with E-state index >= 15 is 0 Å². The highest BCUT2D eigenvalue weighted by Gasteiger charge is 2.35. The third kappa shape index (κ3) is 5.43. The van der Waals surface area contributed by atoms with E-state index in [4.69, 9.17) is 4.74 Å². The smallest absolute Gasteiger partial charge is 0.309 e. The molecule has 1 aliphatic heterocycles. The maximum absolute atomic E-state index is 12.9. The summed E-state index contributed by atoms with van der Waals surface area (Å²) in [6.07, 6.45) is 3.06. The average Bonchev–Trinajstić information content (AvgIpc) is 3.15. The van der Waals surface area contributed by atoms with E-state index in [0.717, 1.165) is 12.8 Å². The fourth-order valence-electron chi connectivity index (χ4n) is 2.96. The van der Waals surface area contributed by atoms with E-state index < -0.39 is 21.8 Å². The second-order valence-electron chi connectivity index (χ2n) is 6.41. The van der Waals surface area contributed by atoms with Crippen LogP contribution in [0.15, 0.2) is 29.2 Å². The van der Waals surface area contributed by atoms with Gasteiger partial charge in [-0.1, -0.05) is 13.3 Å². The number of benzene rings is 1. The topological polar surface area (TPSA) is 105 Å². The summed E-state index contributed by atoms with van der Waals surface area (Å²) >= 11 is 0. The van der Waals surface area contributed by atoms with Crippen LogP contribution < -0.4 is 15.4 Å². The van der Waals surface area contributed by atoms with Crippen molar-refractivity contribution in [3.63, 3.8) is 0 Å². The first-order chi connectivity index (χ1) is 12.9. The van der Waals surface area contributed by atoms with Crippen LogP contribution in [-0.4, -0.2) is 57.3 Å². The summed E-state index contributed by atoms with van der Waals surface area (Å²) in [7, 11) is -2.16. The summed E-state index contributed by atoms with van der Waals surface area (Å²) in [5, 5.41) is 5.09. The number of nitrogens with one attached hydrogen (secondary N) is 2. The molecule has 150 valence electrons. The van der Waals surface area contributed by atoms with Crippen LogP contribution in [0, 0.1) is 0 Å². The van der Waals surface area contributed by atoms with Crippen LogP contribution in [0.4, 0.5) is 0 Å². The number of carbonyl (C=O) groups excluding carboxylic acids is 2. The Bertz CT molecular complexity index is 749. The Labute approximate surface area is 160 Å². The second-order valence-corrected chi connectivity index (χ2v) is 8.30. The van der Waals surface area contributed by atoms with Crippen LogP contribution in [0.2, 0.25) is 0 Å². The SMILES string of the molecule is CCCCNC(=O)C(=O)NCC1CCCN1S(=O)(=O)c1ccc(OC)cc1. The van der Waals surface area contributed by atoms with Gasteiger partial charge in [-0.2, -0.15) is 4.31 Å². The van der Waals surface area contributed by atoms with Gasteiger partial charge in [-0.15, -0.1) is 0 Å². The zero-order chi connectivity index (χ0) is 19.9. The number of methoxy groups -OCH3 is 1. The van der Waals surface area contributed by atoms with Crippen molar-refractivity contribution in [3.8, 4) is 5.75 Å². The molecule has 1 aromatic rings. The molecule has 2 N–H and O–H groups in total. The molecule has 0 aromatic heterocycles. The third-order valence-electron chi connectivity index (χ3n) is 4.51. The molecule has 8 nitrogen and oxygen atoms in total. The van der Waals surface area contributed by atoms with Gasteiger partial charge < -0.3 is 15.4 Å². The normalized spacial score (nSPS) is 17.5. The van der Waals surface area contributed by atoms with Crippen molar-refractivity contribution in [3.05, 3.63) is 24.3 Å². The number of ether oxygens (including phenoxy) is 1. The van der Waals surface area contributed by atoms with E-state index in [2.05, 4.69) is 10.6 Å². The molecule has 0 saturated carbocycles. The molecular weight excluding hydrogens is 370 g/mol. The van der Waals surface area contributed by atoms with Crippen molar-refractivity contribution < 1.29 is 22.7 Å². The molecule has 0 aliphatic carbocycles. The molecule has 2 amide bonds. The first-order valence-corrected chi connectivity index (χ1v) is 10.6. The van der Waals surface area contributed by atoms with Crippen molar-refractivity contribution in [2.75, 3.05) is 26.7 Å². The Kier molecular flexibility index (Phi) is 7.61. The standard InChI is InChI=1S/C18H27N3O5S/c1-3-4-11-19-17(22)18(23)20-13-14-6-5-12-21(14)27(24,25)16-9-7-15(26-2)8-10-16/h7-10,14H,3-6,11-13H2,1-2H3,(H,19,22)(H,20,23). The van der Waals surface area contributed by atoms with E-state index in [9.17, 15) is 18.0 Å². The van der Waals surface area contributed by atoms with Crippen molar-refractivity contribution >= 4 is 21.8 Å². The lowest BCUT2D eigenvalue weighted by atomic mass is 10.2. The first-order valence-electron chi connectivity index (χ1n) is 9.12. The summed E-state index contributed by atoms with van der Waals surface area (Å²) in [6, 6.07) is 5.83. The minimum atomic E-state index is -3.67. The van der Waals surface area contributed by atoms with E-state index in [-0.39, 0.29) is 17.5 Å². The molecule has 27 heavy (non-hydrogen) atoms. The molecule has 1 saturated heterocycles. The molecule has 2 rings (SSSR count). The number of hydrogen-bond acceptors (Lipinski definition) is 5. The Morgan fingerprint density at radius 2 is 1.85 bits per heavy atom. The molecule has 1 unspecified atom stereocenters. The third-order valence-corrected chi connectivity index (χ3v) is 6.48. The van der Waals surface area contributed by atoms with Crippen molar-refractivity contribution in [1.29, 1.82) is 0 Å². The van der Waals surface area contributed by atoms with Crippen LogP contribution in [-0.2, 0) is 19.6 Å². The summed E-state index contributed by atoms with van der Waals surface area (Å²) in [6.45, 7) is 2.93. The van der Waals surface area contributed by atoms with Gasteiger partial charge in [0, 0.05) is 25.7 Å². The Balaban J connectivity index is 1.97. The van der Waals surface area contributed by atoms with Gasteiger partial charge in [0.1, 0.15) is 5.75 Å². The summed E-state index contributed by atoms with van der Waals surface area (Å²) in [4.78, 5) is 23.8. The van der Waals surface area contributed by atoms with E-state index in [1.165, 1.54) is 23.5 Å². The van der Waals surface area contributed by atoms with Gasteiger partial charge in [-0.05, 0) is 43.5 Å². The van der Waals surface area contributed by atoms with Gasteiger partial charge in [-0.3, -0.25) is 9.59 Å². The van der Waals surface area contributed by atoms with E-state index in [1.54, 1.807) is 12.1 Å². The minimum Gasteiger partial charge on any atom is -0.497 e. The minimum absolute atomic E-state index is 0.107. The molecule has 0 radical (unpaired) electrons. The number of hydrogen-bond donors (Lipinski definition) is 2. The fraction of sp³-hybridized carbons (Fsp3) is 0.556. The zero-order valence-electron chi connectivity index (χ0n) is 15.7. The molecular formula is C18H27N3O5S. The van der Waals surface area contributed by atoms with Crippen molar-refractivity contribution in [1.82, 2.24) is 14.9 Å². The van der Waals surface area contributed by atoms with Gasteiger partial charge in [-0.25, -0.2) is 8.42 Å². The van der Waals surface area contributed by atoms with Crippen LogP contribution in [0.5, 0.6) is 5.75 Å². The maximum Gasteiger partial charge on any atom is 0.309 e. The number of sulfonamides is 1. The van der Waals surface area contributed by atoms with E-state index in [0.29, 0.717) is 31.7 Å². The number of amides is 2. The highest BCUT2D eigenvalue weighted by atomic mass is 32.2. The Morgan fingerprint density at radius 1 is 1.19 bits per heavy atom. The monoisotopic (exact) mass is 397 g/mol. The predicted molar refractivity (Wildman–Crippen MR) is 101 cm³/mol. The summed E-state index contributed by atoms with van der Waals surface area (Å²) in [5.41, 5.74) is 0. The molecule has 1 heterocycles. The summed E-state index contributed by atoms with van der Waals surface area (Å²) < 4.78 is 32.2. The fourth-order valence-corrected chi connectivity index (χ4v) is 4.66. The number of carbonyl (C=O) groups is 2. The lowest BCUT2D eigenvalue weighted by Gasteiger charge is -2.24. The lowest BCUT2D eigenvalue weighted by Crippen LogP contribution is -2.47. The molecule has 0 spiro atoms.